The normalized spacial score (nSPS) is 15.4. The highest BCUT2D eigenvalue weighted by molar-refractivity contribution is 6.21. The molecule has 0 bridgehead atoms. The number of carbonyl (C=O) groups excluding carboxylic acids is 2. The summed E-state index contributed by atoms with van der Waals surface area (Å²) in [5.74, 6) is -0.437. The second-order valence-corrected chi connectivity index (χ2v) is 4.84. The summed E-state index contributed by atoms with van der Waals surface area (Å²) in [6, 6.07) is 6.91. The minimum Gasteiger partial charge on any atom is -0.330 e. The molecule has 0 fully saturated rings. The van der Waals surface area contributed by atoms with Crippen molar-refractivity contribution in [1.29, 1.82) is 0 Å². The zero-order chi connectivity index (χ0) is 12.6. The highest BCUT2D eigenvalue weighted by Gasteiger charge is 2.43. The number of nitrogens with two attached hydrogens (primary N) is 1. The Morgan fingerprint density at radius 3 is 2.00 bits per heavy atom. The molecule has 0 aliphatic carbocycles. The number of hydrogen-bond acceptors (Lipinski definition) is 3. The molecule has 0 saturated carbocycles. The van der Waals surface area contributed by atoms with Gasteiger partial charge in [-0.05, 0) is 38.9 Å². The summed E-state index contributed by atoms with van der Waals surface area (Å²) < 4.78 is 0. The molecule has 4 heteroatoms. The zero-order valence-corrected chi connectivity index (χ0v) is 10.1. The topological polar surface area (TPSA) is 63.4 Å². The van der Waals surface area contributed by atoms with E-state index in [4.69, 9.17) is 5.73 Å². The van der Waals surface area contributed by atoms with Crippen LogP contribution in [0, 0.1) is 0 Å². The van der Waals surface area contributed by atoms with E-state index in [1.165, 1.54) is 4.90 Å². The third-order valence-corrected chi connectivity index (χ3v) is 3.16. The highest BCUT2D eigenvalue weighted by Crippen LogP contribution is 2.30. The Morgan fingerprint density at radius 2 is 1.59 bits per heavy atom. The SMILES string of the molecule is CC(C)(CCN)N1C(=O)c2ccccc2C1=O. The summed E-state index contributed by atoms with van der Waals surface area (Å²) in [6.07, 6.45) is 0.596. The molecule has 1 aliphatic heterocycles. The number of nitrogens with zero attached hydrogens (tertiary/aromatic N) is 1. The van der Waals surface area contributed by atoms with E-state index in [9.17, 15) is 9.59 Å². The molecular weight excluding hydrogens is 216 g/mol. The molecule has 4 nitrogen and oxygen atoms in total. The second-order valence-electron chi connectivity index (χ2n) is 4.84. The first kappa shape index (κ1) is 11.8. The van der Waals surface area contributed by atoms with Crippen molar-refractivity contribution in [3.8, 4) is 0 Å². The Morgan fingerprint density at radius 1 is 1.12 bits per heavy atom. The third-order valence-electron chi connectivity index (χ3n) is 3.16. The van der Waals surface area contributed by atoms with Gasteiger partial charge in [0.25, 0.3) is 11.8 Å². The molecule has 2 N–H and O–H groups in total. The van der Waals surface area contributed by atoms with E-state index in [-0.39, 0.29) is 11.8 Å². The monoisotopic (exact) mass is 232 g/mol. The quantitative estimate of drug-likeness (QED) is 0.801. The van der Waals surface area contributed by atoms with Gasteiger partial charge in [0, 0.05) is 5.54 Å². The first-order valence-electron chi connectivity index (χ1n) is 5.67. The standard InChI is InChI=1S/C13H16N2O2/c1-13(2,7-8-14)15-11(16)9-5-3-4-6-10(9)12(15)17/h3-6H,7-8,14H2,1-2H3. The molecule has 0 saturated heterocycles. The summed E-state index contributed by atoms with van der Waals surface area (Å²) >= 11 is 0. The summed E-state index contributed by atoms with van der Waals surface area (Å²) in [5.41, 5.74) is 5.97. The van der Waals surface area contributed by atoms with Crippen LogP contribution >= 0.6 is 0 Å². The van der Waals surface area contributed by atoms with E-state index in [0.717, 1.165) is 0 Å². The van der Waals surface area contributed by atoms with Gasteiger partial charge in [0.1, 0.15) is 0 Å². The second kappa shape index (κ2) is 3.96. The van der Waals surface area contributed by atoms with Gasteiger partial charge in [-0.25, -0.2) is 0 Å². The highest BCUT2D eigenvalue weighted by atomic mass is 16.2. The van der Waals surface area contributed by atoms with Crippen molar-refractivity contribution < 1.29 is 9.59 Å². The van der Waals surface area contributed by atoms with Crippen molar-refractivity contribution in [1.82, 2.24) is 4.90 Å². The average molecular weight is 232 g/mol. The van der Waals surface area contributed by atoms with Crippen LogP contribution in [0.5, 0.6) is 0 Å². The number of rotatable bonds is 3. The van der Waals surface area contributed by atoms with Gasteiger partial charge in [0.2, 0.25) is 0 Å². The molecule has 0 atom stereocenters. The molecule has 90 valence electrons. The van der Waals surface area contributed by atoms with Crippen molar-refractivity contribution >= 4 is 11.8 Å². The smallest absolute Gasteiger partial charge is 0.262 e. The lowest BCUT2D eigenvalue weighted by Gasteiger charge is -2.33. The zero-order valence-electron chi connectivity index (χ0n) is 10.1. The first-order chi connectivity index (χ1) is 7.99. The molecule has 2 amide bonds. The summed E-state index contributed by atoms with van der Waals surface area (Å²) in [7, 11) is 0. The number of imide groups is 1. The molecule has 1 aliphatic rings. The van der Waals surface area contributed by atoms with Crippen LogP contribution in [0.4, 0.5) is 0 Å². The Bertz CT molecular complexity index is 445. The first-order valence-corrected chi connectivity index (χ1v) is 5.67. The Kier molecular flexibility index (Phi) is 2.75. The molecule has 0 unspecified atom stereocenters. The van der Waals surface area contributed by atoms with Crippen LogP contribution in [0.15, 0.2) is 24.3 Å². The molecule has 0 aromatic heterocycles. The van der Waals surface area contributed by atoms with Crippen molar-refractivity contribution in [3.05, 3.63) is 35.4 Å². The molecule has 1 aromatic carbocycles. The number of carbonyl (C=O) groups is 2. The number of benzene rings is 1. The van der Waals surface area contributed by atoms with Crippen LogP contribution in [0.3, 0.4) is 0 Å². The Labute approximate surface area is 100 Å². The molecule has 17 heavy (non-hydrogen) atoms. The van der Waals surface area contributed by atoms with Crippen molar-refractivity contribution in [2.75, 3.05) is 6.54 Å². The predicted octanol–water partition coefficient (Wildman–Crippen LogP) is 1.41. The lowest BCUT2D eigenvalue weighted by atomic mass is 9.98. The fourth-order valence-corrected chi connectivity index (χ4v) is 2.20. The van der Waals surface area contributed by atoms with Gasteiger partial charge in [-0.2, -0.15) is 0 Å². The molecule has 2 rings (SSSR count). The minimum atomic E-state index is -0.540. The number of fused-ring (bicyclic) bond motifs is 1. The molecule has 0 radical (unpaired) electrons. The molecule has 1 aromatic rings. The van der Waals surface area contributed by atoms with Crippen molar-refractivity contribution in [3.63, 3.8) is 0 Å². The lowest BCUT2D eigenvalue weighted by Crippen LogP contribution is -2.48. The van der Waals surface area contributed by atoms with Crippen LogP contribution in [-0.4, -0.2) is 28.8 Å². The van der Waals surface area contributed by atoms with Crippen molar-refractivity contribution in [2.24, 2.45) is 5.73 Å². The van der Waals surface area contributed by atoms with Gasteiger partial charge >= 0.3 is 0 Å². The van der Waals surface area contributed by atoms with Gasteiger partial charge in [0.15, 0.2) is 0 Å². The lowest BCUT2D eigenvalue weighted by molar-refractivity contribution is 0.0471. The summed E-state index contributed by atoms with van der Waals surface area (Å²) in [6.45, 7) is 4.17. The van der Waals surface area contributed by atoms with Gasteiger partial charge in [-0.1, -0.05) is 12.1 Å². The fraction of sp³-hybridized carbons (Fsp3) is 0.385. The predicted molar refractivity (Wildman–Crippen MR) is 64.7 cm³/mol. The maximum absolute atomic E-state index is 12.2. The van der Waals surface area contributed by atoms with Crippen LogP contribution < -0.4 is 5.73 Å². The van der Waals surface area contributed by atoms with E-state index in [0.29, 0.717) is 24.1 Å². The summed E-state index contributed by atoms with van der Waals surface area (Å²) in [5, 5.41) is 0. The average Bonchev–Trinajstić information content (AvgIpc) is 2.53. The number of hydrogen-bond donors (Lipinski definition) is 1. The Balaban J connectivity index is 2.43. The van der Waals surface area contributed by atoms with Gasteiger partial charge in [-0.15, -0.1) is 0 Å². The maximum atomic E-state index is 12.2. The molecular formula is C13H16N2O2. The molecule has 0 spiro atoms. The van der Waals surface area contributed by atoms with Gasteiger partial charge in [-0.3, -0.25) is 14.5 Å². The van der Waals surface area contributed by atoms with E-state index in [2.05, 4.69) is 0 Å². The van der Waals surface area contributed by atoms with Crippen LogP contribution in [-0.2, 0) is 0 Å². The van der Waals surface area contributed by atoms with Crippen LogP contribution in [0.1, 0.15) is 41.0 Å². The largest absolute Gasteiger partial charge is 0.330 e. The van der Waals surface area contributed by atoms with E-state index in [1.807, 2.05) is 13.8 Å². The van der Waals surface area contributed by atoms with Gasteiger partial charge in [0.05, 0.1) is 11.1 Å². The van der Waals surface area contributed by atoms with Crippen LogP contribution in [0.2, 0.25) is 0 Å². The van der Waals surface area contributed by atoms with E-state index >= 15 is 0 Å². The van der Waals surface area contributed by atoms with Crippen LogP contribution in [0.25, 0.3) is 0 Å². The minimum absolute atomic E-state index is 0.218. The van der Waals surface area contributed by atoms with Gasteiger partial charge < -0.3 is 5.73 Å². The fourth-order valence-electron chi connectivity index (χ4n) is 2.20. The van der Waals surface area contributed by atoms with E-state index in [1.54, 1.807) is 24.3 Å². The van der Waals surface area contributed by atoms with Crippen molar-refractivity contribution in [2.45, 2.75) is 25.8 Å². The maximum Gasteiger partial charge on any atom is 0.262 e. The summed E-state index contributed by atoms with van der Waals surface area (Å²) in [4.78, 5) is 25.7. The third kappa shape index (κ3) is 1.74. The Hall–Kier alpha value is -1.68. The molecule has 1 heterocycles. The van der Waals surface area contributed by atoms with E-state index < -0.39 is 5.54 Å². The number of amides is 2.